The first-order valence-corrected chi connectivity index (χ1v) is 14.3. The molecule has 4 heterocycles. The van der Waals surface area contributed by atoms with E-state index in [0.29, 0.717) is 21.6 Å². The van der Waals surface area contributed by atoms with E-state index in [1.807, 2.05) is 62.1 Å². The van der Waals surface area contributed by atoms with Crippen molar-refractivity contribution in [2.45, 2.75) is 25.9 Å². The highest BCUT2D eigenvalue weighted by Gasteiger charge is 2.20. The molecule has 2 aliphatic rings. The summed E-state index contributed by atoms with van der Waals surface area (Å²) in [6.07, 6.45) is 2.73. The number of hydrogen-bond acceptors (Lipinski definition) is 7. The Morgan fingerprint density at radius 3 is 2.02 bits per heavy atom. The van der Waals surface area contributed by atoms with Crippen molar-refractivity contribution in [3.63, 3.8) is 0 Å². The van der Waals surface area contributed by atoms with Crippen LogP contribution in [0, 0.1) is 0 Å². The number of fused-ring (bicyclic) bond motifs is 2. The molecule has 0 saturated heterocycles. The number of carbonyl (C=O) groups is 1. The quantitative estimate of drug-likeness (QED) is 0.233. The molecule has 4 aromatic rings. The second kappa shape index (κ2) is 12.5. The van der Waals surface area contributed by atoms with Crippen molar-refractivity contribution in [2.24, 2.45) is 14.1 Å². The number of aldehydes is 1. The van der Waals surface area contributed by atoms with Crippen LogP contribution in [0.5, 0.6) is 0 Å². The SMILES string of the molecule is C=C(Nc1cccc(-c2cccc(NC)c2Cl)c1Cl)c1nc2c(n1C)CCNC2.Cn1c(C=O)nc2c1CCNC2. The summed E-state index contributed by atoms with van der Waals surface area (Å²) in [5.41, 5.74) is 8.59. The Kier molecular flexibility index (Phi) is 8.79. The van der Waals surface area contributed by atoms with Crippen molar-refractivity contribution in [3.8, 4) is 11.1 Å². The zero-order chi connectivity index (χ0) is 29.1. The monoisotopic (exact) mass is 592 g/mol. The fourth-order valence-corrected chi connectivity index (χ4v) is 5.89. The maximum atomic E-state index is 10.5. The lowest BCUT2D eigenvalue weighted by atomic mass is 10.0. The summed E-state index contributed by atoms with van der Waals surface area (Å²) >= 11 is 13.3. The average molecular weight is 594 g/mol. The van der Waals surface area contributed by atoms with E-state index < -0.39 is 0 Å². The molecule has 4 N–H and O–H groups in total. The van der Waals surface area contributed by atoms with Crippen molar-refractivity contribution in [3.05, 3.63) is 87.4 Å². The lowest BCUT2D eigenvalue weighted by molar-refractivity contribution is 0.111. The fraction of sp³-hybridized carbons (Fsp3) is 0.300. The van der Waals surface area contributed by atoms with E-state index >= 15 is 0 Å². The Balaban J connectivity index is 0.000000234. The molecule has 0 atom stereocenters. The Hall–Kier alpha value is -3.63. The summed E-state index contributed by atoms with van der Waals surface area (Å²) < 4.78 is 3.99. The second-order valence-electron chi connectivity index (χ2n) is 9.97. The van der Waals surface area contributed by atoms with E-state index in [4.69, 9.17) is 28.2 Å². The minimum atomic E-state index is 0.531. The molecule has 6 rings (SSSR count). The number of rotatable bonds is 6. The fourth-order valence-electron chi connectivity index (χ4n) is 5.30. The molecule has 0 bridgehead atoms. The Morgan fingerprint density at radius 2 is 1.46 bits per heavy atom. The van der Waals surface area contributed by atoms with Gasteiger partial charge in [0.15, 0.2) is 17.9 Å². The number of aromatic nitrogens is 4. The third-order valence-electron chi connectivity index (χ3n) is 7.51. The molecule has 41 heavy (non-hydrogen) atoms. The van der Waals surface area contributed by atoms with Gasteiger partial charge in [-0.25, -0.2) is 9.97 Å². The zero-order valence-electron chi connectivity index (χ0n) is 23.4. The van der Waals surface area contributed by atoms with Crippen LogP contribution < -0.4 is 21.3 Å². The van der Waals surface area contributed by atoms with Crippen LogP contribution in [0.25, 0.3) is 16.8 Å². The van der Waals surface area contributed by atoms with Crippen molar-refractivity contribution in [1.82, 2.24) is 29.7 Å². The van der Waals surface area contributed by atoms with E-state index in [2.05, 4.69) is 37.4 Å². The molecule has 0 amide bonds. The first-order chi connectivity index (χ1) is 19.8. The smallest absolute Gasteiger partial charge is 0.185 e. The van der Waals surface area contributed by atoms with E-state index in [1.54, 1.807) is 0 Å². The van der Waals surface area contributed by atoms with Crippen LogP contribution in [0.4, 0.5) is 11.4 Å². The van der Waals surface area contributed by atoms with Gasteiger partial charge in [0.25, 0.3) is 0 Å². The minimum absolute atomic E-state index is 0.531. The van der Waals surface area contributed by atoms with Crippen LogP contribution in [-0.4, -0.2) is 45.5 Å². The summed E-state index contributed by atoms with van der Waals surface area (Å²) in [7, 11) is 5.76. The van der Waals surface area contributed by atoms with Crippen molar-refractivity contribution in [1.29, 1.82) is 0 Å². The average Bonchev–Trinajstić information content (AvgIpc) is 3.51. The van der Waals surface area contributed by atoms with Crippen molar-refractivity contribution >= 4 is 46.6 Å². The minimum Gasteiger partial charge on any atom is -0.387 e. The molecular formula is C30H34Cl2N8O. The number of carbonyl (C=O) groups excluding carboxylic acids is 1. The third kappa shape index (κ3) is 5.76. The molecule has 2 aromatic carbocycles. The number of hydrogen-bond donors (Lipinski definition) is 4. The number of halogens is 2. The molecule has 11 heteroatoms. The van der Waals surface area contributed by atoms with Gasteiger partial charge in [0.2, 0.25) is 0 Å². The van der Waals surface area contributed by atoms with Gasteiger partial charge < -0.3 is 30.4 Å². The van der Waals surface area contributed by atoms with Gasteiger partial charge in [-0.05, 0) is 12.1 Å². The number of anilines is 2. The largest absolute Gasteiger partial charge is 0.387 e. The highest BCUT2D eigenvalue weighted by molar-refractivity contribution is 6.39. The molecule has 2 aliphatic heterocycles. The van der Waals surface area contributed by atoms with Crippen LogP contribution >= 0.6 is 23.2 Å². The molecule has 0 aliphatic carbocycles. The summed E-state index contributed by atoms with van der Waals surface area (Å²) in [6, 6.07) is 11.7. The van der Waals surface area contributed by atoms with Crippen molar-refractivity contribution in [2.75, 3.05) is 30.8 Å². The molecular weight excluding hydrogens is 559 g/mol. The first-order valence-electron chi connectivity index (χ1n) is 13.5. The van der Waals surface area contributed by atoms with Crippen molar-refractivity contribution < 1.29 is 4.79 Å². The van der Waals surface area contributed by atoms with E-state index in [1.165, 1.54) is 11.4 Å². The highest BCUT2D eigenvalue weighted by atomic mass is 35.5. The number of imidazole rings is 2. The molecule has 214 valence electrons. The van der Waals surface area contributed by atoms with Gasteiger partial charge in [-0.3, -0.25) is 4.79 Å². The molecule has 0 spiro atoms. The predicted molar refractivity (Wildman–Crippen MR) is 167 cm³/mol. The van der Waals surface area contributed by atoms with E-state index in [9.17, 15) is 4.79 Å². The standard InChI is InChI=1S/C22H23Cl2N5.C8H11N3O/c1-13(22-28-18-12-26-11-10-19(18)29(22)3)27-17-9-5-7-15(21(17)24)14-6-4-8-16(25-2)20(14)23;1-11-7-2-3-9-4-6(7)10-8(11)5-12/h4-9,25-27H,1,10-12H2,2-3H3;5,9H,2-4H2,1H3. The summed E-state index contributed by atoms with van der Waals surface area (Å²) in [5.74, 6) is 1.35. The maximum Gasteiger partial charge on any atom is 0.185 e. The Bertz CT molecular complexity index is 1610. The normalized spacial score (nSPS) is 13.9. The van der Waals surface area contributed by atoms with Crippen LogP contribution in [0.15, 0.2) is 43.0 Å². The van der Waals surface area contributed by atoms with E-state index in [0.717, 1.165) is 85.0 Å². The molecule has 0 unspecified atom stereocenters. The number of nitrogens with one attached hydrogen (secondary N) is 4. The van der Waals surface area contributed by atoms with E-state index in [-0.39, 0.29) is 0 Å². The zero-order valence-corrected chi connectivity index (χ0v) is 25.0. The van der Waals surface area contributed by atoms with Gasteiger partial charge >= 0.3 is 0 Å². The molecule has 2 aromatic heterocycles. The first kappa shape index (κ1) is 28.9. The molecule has 9 nitrogen and oxygen atoms in total. The lowest BCUT2D eigenvalue weighted by Gasteiger charge is -2.16. The Labute approximate surface area is 250 Å². The molecule has 0 saturated carbocycles. The maximum absolute atomic E-state index is 10.5. The van der Waals surface area contributed by atoms with Gasteiger partial charge in [-0.15, -0.1) is 0 Å². The molecule has 0 fully saturated rings. The highest BCUT2D eigenvalue weighted by Crippen LogP contribution is 2.40. The molecule has 0 radical (unpaired) electrons. The second-order valence-corrected chi connectivity index (χ2v) is 10.7. The van der Waals surface area contributed by atoms with Gasteiger partial charge in [0, 0.05) is 82.7 Å². The van der Waals surface area contributed by atoms with Gasteiger partial charge in [-0.1, -0.05) is 54.0 Å². The third-order valence-corrected chi connectivity index (χ3v) is 8.32. The summed E-state index contributed by atoms with van der Waals surface area (Å²) in [6.45, 7) is 7.72. The van der Waals surface area contributed by atoms with Gasteiger partial charge in [0.05, 0.1) is 38.5 Å². The van der Waals surface area contributed by atoms with Gasteiger partial charge in [0.1, 0.15) is 0 Å². The Morgan fingerprint density at radius 1 is 0.902 bits per heavy atom. The lowest BCUT2D eigenvalue weighted by Crippen LogP contribution is -2.24. The number of nitrogens with zero attached hydrogens (tertiary/aromatic N) is 4. The summed E-state index contributed by atoms with van der Waals surface area (Å²) in [4.78, 5) is 19.5. The topological polar surface area (TPSA) is 101 Å². The summed E-state index contributed by atoms with van der Waals surface area (Å²) in [5, 5.41) is 14.2. The predicted octanol–water partition coefficient (Wildman–Crippen LogP) is 5.04. The van der Waals surface area contributed by atoms with Crippen LogP contribution in [0.2, 0.25) is 10.0 Å². The van der Waals surface area contributed by atoms with Gasteiger partial charge in [-0.2, -0.15) is 0 Å². The van der Waals surface area contributed by atoms with Crippen LogP contribution in [-0.2, 0) is 40.0 Å². The van der Waals surface area contributed by atoms with Crippen LogP contribution in [0.3, 0.4) is 0 Å². The van der Waals surface area contributed by atoms with Crippen LogP contribution in [0.1, 0.15) is 39.2 Å². The number of benzene rings is 2.